The van der Waals surface area contributed by atoms with Gasteiger partial charge in [0, 0.05) is 24.4 Å². The highest BCUT2D eigenvalue weighted by molar-refractivity contribution is 7.92. The van der Waals surface area contributed by atoms with Crippen molar-refractivity contribution in [1.29, 1.82) is 0 Å². The van der Waals surface area contributed by atoms with Crippen LogP contribution in [0.15, 0.2) is 97.1 Å². The molecule has 1 N–H and O–H groups in total. The SMILES string of the molecule is CC[C@H](C)NC(=O)[C@@H](Cc1ccccc1)N(Cc1ccccc1C)C(=O)CN(c1cccc2ccccc12)S(C)(=O)=O. The fraction of sp³-hybridized carbons (Fsp3) is 0.294. The molecule has 8 heteroatoms. The fourth-order valence-corrected chi connectivity index (χ4v) is 5.85. The van der Waals surface area contributed by atoms with Gasteiger partial charge in [0.2, 0.25) is 21.8 Å². The van der Waals surface area contributed by atoms with Gasteiger partial charge in [-0.3, -0.25) is 13.9 Å². The van der Waals surface area contributed by atoms with Crippen molar-refractivity contribution >= 4 is 38.3 Å². The minimum atomic E-state index is -3.86. The predicted molar refractivity (Wildman–Crippen MR) is 170 cm³/mol. The molecular weight excluding hydrogens is 546 g/mol. The highest BCUT2D eigenvalue weighted by Crippen LogP contribution is 2.29. The lowest BCUT2D eigenvalue weighted by molar-refractivity contribution is -0.140. The van der Waals surface area contributed by atoms with Crippen LogP contribution in [0.3, 0.4) is 0 Å². The predicted octanol–water partition coefficient (Wildman–Crippen LogP) is 5.47. The molecule has 0 spiro atoms. The molecule has 2 amide bonds. The van der Waals surface area contributed by atoms with E-state index in [4.69, 9.17) is 0 Å². The zero-order valence-corrected chi connectivity index (χ0v) is 25.5. The maximum atomic E-state index is 14.4. The van der Waals surface area contributed by atoms with Crippen molar-refractivity contribution in [3.05, 3.63) is 114 Å². The summed E-state index contributed by atoms with van der Waals surface area (Å²) in [6.45, 7) is 5.59. The van der Waals surface area contributed by atoms with Crippen LogP contribution in [-0.2, 0) is 32.6 Å². The summed E-state index contributed by atoms with van der Waals surface area (Å²) in [5.41, 5.74) is 3.18. The quantitative estimate of drug-likeness (QED) is 0.239. The van der Waals surface area contributed by atoms with Crippen molar-refractivity contribution in [2.45, 2.75) is 52.2 Å². The lowest BCUT2D eigenvalue weighted by atomic mass is 10.0. The molecule has 4 rings (SSSR count). The second-order valence-corrected chi connectivity index (χ2v) is 12.6. The van der Waals surface area contributed by atoms with Crippen LogP contribution in [0.4, 0.5) is 5.69 Å². The van der Waals surface area contributed by atoms with E-state index in [9.17, 15) is 18.0 Å². The highest BCUT2D eigenvalue weighted by atomic mass is 32.2. The van der Waals surface area contributed by atoms with E-state index >= 15 is 0 Å². The molecule has 7 nitrogen and oxygen atoms in total. The summed E-state index contributed by atoms with van der Waals surface area (Å²) in [6, 6.07) is 29.2. The largest absolute Gasteiger partial charge is 0.352 e. The molecule has 0 unspecified atom stereocenters. The number of anilines is 1. The van der Waals surface area contributed by atoms with Gasteiger partial charge in [-0.05, 0) is 48.4 Å². The number of hydrogen-bond acceptors (Lipinski definition) is 4. The lowest BCUT2D eigenvalue weighted by Crippen LogP contribution is -2.54. The molecule has 0 aliphatic carbocycles. The minimum absolute atomic E-state index is 0.0885. The third-order valence-electron chi connectivity index (χ3n) is 7.59. The van der Waals surface area contributed by atoms with Crippen LogP contribution in [0.1, 0.15) is 37.0 Å². The Labute approximate surface area is 249 Å². The molecule has 0 aromatic heterocycles. The first kappa shape index (κ1) is 30.8. The molecule has 0 heterocycles. The standard InChI is InChI=1S/C34H39N3O4S/c1-5-26(3)35-34(39)32(22-27-15-7-6-8-16-27)36(23-29-18-10-9-14-25(29)2)33(38)24-37(42(4,40)41)31-21-13-19-28-17-11-12-20-30(28)31/h6-21,26,32H,5,22-24H2,1-4H3,(H,35,39)/t26-,32+/m0/s1. The second-order valence-electron chi connectivity index (χ2n) is 10.7. The van der Waals surface area contributed by atoms with E-state index in [0.29, 0.717) is 5.69 Å². The maximum absolute atomic E-state index is 14.4. The van der Waals surface area contributed by atoms with E-state index in [0.717, 1.165) is 44.4 Å². The third kappa shape index (κ3) is 7.56. The van der Waals surface area contributed by atoms with E-state index < -0.39 is 28.5 Å². The van der Waals surface area contributed by atoms with E-state index in [2.05, 4.69) is 5.32 Å². The highest BCUT2D eigenvalue weighted by Gasteiger charge is 2.34. The zero-order chi connectivity index (χ0) is 30.3. The van der Waals surface area contributed by atoms with Crippen LogP contribution in [-0.4, -0.2) is 50.0 Å². The van der Waals surface area contributed by atoms with Crippen molar-refractivity contribution < 1.29 is 18.0 Å². The summed E-state index contributed by atoms with van der Waals surface area (Å²) in [5, 5.41) is 4.65. The Bertz CT molecular complexity index is 1630. The molecule has 0 fully saturated rings. The van der Waals surface area contributed by atoms with Gasteiger partial charge in [0.15, 0.2) is 0 Å². The van der Waals surface area contributed by atoms with Crippen LogP contribution in [0.25, 0.3) is 10.8 Å². The lowest BCUT2D eigenvalue weighted by Gasteiger charge is -2.34. The van der Waals surface area contributed by atoms with E-state index in [1.165, 1.54) is 4.90 Å². The van der Waals surface area contributed by atoms with Gasteiger partial charge >= 0.3 is 0 Å². The molecule has 0 radical (unpaired) electrons. The Hall–Kier alpha value is -4.17. The van der Waals surface area contributed by atoms with Gasteiger partial charge in [0.1, 0.15) is 12.6 Å². The van der Waals surface area contributed by atoms with Crippen molar-refractivity contribution in [2.24, 2.45) is 0 Å². The molecule has 4 aromatic rings. The van der Waals surface area contributed by atoms with Gasteiger partial charge in [-0.25, -0.2) is 8.42 Å². The van der Waals surface area contributed by atoms with Crippen molar-refractivity contribution in [2.75, 3.05) is 17.1 Å². The van der Waals surface area contributed by atoms with Gasteiger partial charge in [0.25, 0.3) is 0 Å². The molecule has 2 atom stereocenters. The van der Waals surface area contributed by atoms with Gasteiger partial charge in [0.05, 0.1) is 11.9 Å². The third-order valence-corrected chi connectivity index (χ3v) is 8.72. The number of rotatable bonds is 12. The topological polar surface area (TPSA) is 86.8 Å². The van der Waals surface area contributed by atoms with Crippen LogP contribution < -0.4 is 9.62 Å². The summed E-state index contributed by atoms with van der Waals surface area (Å²) in [6.07, 6.45) is 2.12. The molecule has 220 valence electrons. The molecule has 0 aliphatic heterocycles. The Morgan fingerprint density at radius 2 is 1.50 bits per heavy atom. The number of carbonyl (C=O) groups excluding carboxylic acids is 2. The average Bonchev–Trinajstić information content (AvgIpc) is 2.98. The Kier molecular flexibility index (Phi) is 10.0. The first-order chi connectivity index (χ1) is 20.1. The number of sulfonamides is 1. The summed E-state index contributed by atoms with van der Waals surface area (Å²) < 4.78 is 27.5. The zero-order valence-electron chi connectivity index (χ0n) is 24.7. The van der Waals surface area contributed by atoms with Gasteiger partial charge in [-0.1, -0.05) is 97.9 Å². The van der Waals surface area contributed by atoms with E-state index in [1.54, 1.807) is 12.1 Å². The fourth-order valence-electron chi connectivity index (χ4n) is 4.99. The molecule has 0 aliphatic rings. The monoisotopic (exact) mass is 585 g/mol. The number of carbonyl (C=O) groups is 2. The van der Waals surface area contributed by atoms with E-state index in [1.807, 2.05) is 106 Å². The molecular formula is C34H39N3O4S. The Morgan fingerprint density at radius 3 is 2.19 bits per heavy atom. The van der Waals surface area contributed by atoms with Crippen LogP contribution >= 0.6 is 0 Å². The summed E-state index contributed by atoms with van der Waals surface area (Å²) in [4.78, 5) is 29.7. The van der Waals surface area contributed by atoms with Crippen LogP contribution in [0, 0.1) is 6.92 Å². The molecule has 0 saturated carbocycles. The first-order valence-corrected chi connectivity index (χ1v) is 16.1. The number of amides is 2. The number of fused-ring (bicyclic) bond motifs is 1. The Balaban J connectivity index is 1.79. The van der Waals surface area contributed by atoms with Gasteiger partial charge in [-0.15, -0.1) is 0 Å². The number of nitrogens with one attached hydrogen (secondary N) is 1. The smallest absolute Gasteiger partial charge is 0.244 e. The molecule has 4 aromatic carbocycles. The minimum Gasteiger partial charge on any atom is -0.352 e. The van der Waals surface area contributed by atoms with Gasteiger partial charge < -0.3 is 10.2 Å². The molecule has 0 bridgehead atoms. The number of nitrogens with zero attached hydrogens (tertiary/aromatic N) is 2. The summed E-state index contributed by atoms with van der Waals surface area (Å²) >= 11 is 0. The molecule has 0 saturated heterocycles. The number of hydrogen-bond donors (Lipinski definition) is 1. The molecule has 42 heavy (non-hydrogen) atoms. The maximum Gasteiger partial charge on any atom is 0.244 e. The normalized spacial score (nSPS) is 12.9. The summed E-state index contributed by atoms with van der Waals surface area (Å²) in [7, 11) is -3.86. The van der Waals surface area contributed by atoms with Gasteiger partial charge in [-0.2, -0.15) is 0 Å². The first-order valence-electron chi connectivity index (χ1n) is 14.2. The number of aryl methyl sites for hydroxylation is 1. The average molecular weight is 586 g/mol. The summed E-state index contributed by atoms with van der Waals surface area (Å²) in [5.74, 6) is -0.733. The van der Waals surface area contributed by atoms with Crippen molar-refractivity contribution in [3.8, 4) is 0 Å². The van der Waals surface area contributed by atoms with Crippen LogP contribution in [0.2, 0.25) is 0 Å². The van der Waals surface area contributed by atoms with Crippen molar-refractivity contribution in [1.82, 2.24) is 10.2 Å². The van der Waals surface area contributed by atoms with E-state index in [-0.39, 0.29) is 24.9 Å². The van der Waals surface area contributed by atoms with Crippen molar-refractivity contribution in [3.63, 3.8) is 0 Å². The second kappa shape index (κ2) is 13.7. The number of benzene rings is 4. The van der Waals surface area contributed by atoms with Crippen LogP contribution in [0.5, 0.6) is 0 Å². The Morgan fingerprint density at radius 1 is 0.857 bits per heavy atom.